The number of rotatable bonds is 5. The normalized spacial score (nSPS) is 13.7. The van der Waals surface area contributed by atoms with Gasteiger partial charge in [0.2, 0.25) is 0 Å². The SMILES string of the molecule is Nc1cc(NCc2c(F)cccc2F)nc2c1nc(-c1nccs1)c(=O)n2C1CC1. The molecule has 1 aromatic carbocycles. The van der Waals surface area contributed by atoms with Gasteiger partial charge in [0.05, 0.1) is 5.69 Å². The molecule has 1 aliphatic rings. The lowest BCUT2D eigenvalue weighted by atomic mass is 10.2. The van der Waals surface area contributed by atoms with Crippen molar-refractivity contribution in [2.24, 2.45) is 0 Å². The number of nitrogens with two attached hydrogens (primary N) is 1. The molecule has 4 aromatic rings. The Morgan fingerprint density at radius 1 is 1.23 bits per heavy atom. The highest BCUT2D eigenvalue weighted by molar-refractivity contribution is 7.13. The van der Waals surface area contributed by atoms with Gasteiger partial charge >= 0.3 is 0 Å². The second-order valence-electron chi connectivity index (χ2n) is 7.03. The smallest absolute Gasteiger partial charge is 0.281 e. The molecule has 30 heavy (non-hydrogen) atoms. The Hall–Kier alpha value is -3.40. The molecule has 0 unspecified atom stereocenters. The van der Waals surface area contributed by atoms with Crippen molar-refractivity contribution in [2.45, 2.75) is 25.4 Å². The highest BCUT2D eigenvalue weighted by atomic mass is 32.1. The molecule has 5 rings (SSSR count). The van der Waals surface area contributed by atoms with Crippen molar-refractivity contribution in [3.8, 4) is 10.7 Å². The van der Waals surface area contributed by atoms with Crippen LogP contribution >= 0.6 is 11.3 Å². The van der Waals surface area contributed by atoms with Crippen LogP contribution in [0.5, 0.6) is 0 Å². The lowest BCUT2D eigenvalue weighted by molar-refractivity contribution is 0.560. The van der Waals surface area contributed by atoms with Gasteiger partial charge in [-0.05, 0) is 25.0 Å². The highest BCUT2D eigenvalue weighted by Crippen LogP contribution is 2.37. The van der Waals surface area contributed by atoms with E-state index in [0.717, 1.165) is 12.8 Å². The van der Waals surface area contributed by atoms with E-state index in [2.05, 4.69) is 20.3 Å². The molecule has 0 saturated heterocycles. The average molecular weight is 426 g/mol. The average Bonchev–Trinajstić information content (AvgIpc) is 3.40. The van der Waals surface area contributed by atoms with Gasteiger partial charge in [-0.25, -0.2) is 23.7 Å². The molecule has 0 aliphatic heterocycles. The molecule has 0 radical (unpaired) electrons. The summed E-state index contributed by atoms with van der Waals surface area (Å²) in [5.74, 6) is -0.998. The number of nitrogens with one attached hydrogen (secondary N) is 1. The van der Waals surface area contributed by atoms with Gasteiger partial charge in [0.25, 0.3) is 5.56 Å². The van der Waals surface area contributed by atoms with Gasteiger partial charge in [0.1, 0.15) is 28.0 Å². The van der Waals surface area contributed by atoms with Gasteiger partial charge in [-0.1, -0.05) is 6.07 Å². The minimum atomic E-state index is -0.652. The minimum absolute atomic E-state index is 0.0212. The van der Waals surface area contributed by atoms with Gasteiger partial charge in [0, 0.05) is 35.8 Å². The number of halogens is 2. The van der Waals surface area contributed by atoms with Crippen LogP contribution < -0.4 is 16.6 Å². The van der Waals surface area contributed by atoms with Crippen molar-refractivity contribution in [3.63, 3.8) is 0 Å². The first kappa shape index (κ1) is 18.6. The summed E-state index contributed by atoms with van der Waals surface area (Å²) in [7, 11) is 0. The van der Waals surface area contributed by atoms with Crippen molar-refractivity contribution < 1.29 is 8.78 Å². The maximum atomic E-state index is 13.9. The molecule has 0 atom stereocenters. The first-order valence-electron chi connectivity index (χ1n) is 9.32. The molecule has 10 heteroatoms. The molecule has 3 heterocycles. The number of anilines is 2. The topological polar surface area (TPSA) is 98.7 Å². The Labute approximate surface area is 173 Å². The zero-order valence-electron chi connectivity index (χ0n) is 15.6. The number of thiazole rings is 1. The third kappa shape index (κ3) is 3.18. The number of hydrogen-bond donors (Lipinski definition) is 2. The van der Waals surface area contributed by atoms with E-state index in [1.54, 1.807) is 22.2 Å². The van der Waals surface area contributed by atoms with Crippen molar-refractivity contribution in [2.75, 3.05) is 11.1 Å². The summed E-state index contributed by atoms with van der Waals surface area (Å²) in [5.41, 5.74) is 7.14. The first-order valence-corrected chi connectivity index (χ1v) is 10.2. The molecule has 1 aliphatic carbocycles. The molecule has 0 amide bonds. The van der Waals surface area contributed by atoms with Crippen molar-refractivity contribution in [1.29, 1.82) is 0 Å². The summed E-state index contributed by atoms with van der Waals surface area (Å²) in [4.78, 5) is 26.3. The summed E-state index contributed by atoms with van der Waals surface area (Å²) in [5, 5.41) is 5.20. The van der Waals surface area contributed by atoms with Crippen LogP contribution in [0.4, 0.5) is 20.3 Å². The molecule has 3 aromatic heterocycles. The number of nitrogens with zero attached hydrogens (tertiary/aromatic N) is 4. The number of benzene rings is 1. The largest absolute Gasteiger partial charge is 0.397 e. The van der Waals surface area contributed by atoms with Crippen molar-refractivity contribution in [3.05, 3.63) is 63.4 Å². The zero-order chi connectivity index (χ0) is 20.8. The van der Waals surface area contributed by atoms with Crippen LogP contribution in [0, 0.1) is 11.6 Å². The van der Waals surface area contributed by atoms with Gasteiger partial charge in [-0.3, -0.25) is 9.36 Å². The fourth-order valence-corrected chi connectivity index (χ4v) is 3.94. The second-order valence-corrected chi connectivity index (χ2v) is 7.92. The highest BCUT2D eigenvalue weighted by Gasteiger charge is 2.30. The van der Waals surface area contributed by atoms with E-state index in [0.29, 0.717) is 27.7 Å². The molecule has 1 fully saturated rings. The number of pyridine rings is 1. The van der Waals surface area contributed by atoms with Gasteiger partial charge in [-0.2, -0.15) is 0 Å². The van der Waals surface area contributed by atoms with Gasteiger partial charge in [-0.15, -0.1) is 11.3 Å². The van der Waals surface area contributed by atoms with Gasteiger partial charge < -0.3 is 11.1 Å². The summed E-state index contributed by atoms with van der Waals surface area (Å²) in [6, 6.07) is 5.25. The summed E-state index contributed by atoms with van der Waals surface area (Å²) < 4.78 is 29.4. The van der Waals surface area contributed by atoms with Crippen molar-refractivity contribution in [1.82, 2.24) is 19.5 Å². The standard InChI is InChI=1S/C20H16F2N6OS/c21-12-2-1-3-13(22)11(12)9-25-15-8-14(23)16-18(26-15)28(10-4-5-10)20(29)17(27-16)19-24-6-7-30-19/h1-3,6-8,10H,4-5,9H2,(H3,23,25,26). The summed E-state index contributed by atoms with van der Waals surface area (Å²) >= 11 is 1.33. The Bertz CT molecular complexity index is 1300. The van der Waals surface area contributed by atoms with Crippen LogP contribution in [-0.2, 0) is 6.54 Å². The number of fused-ring (bicyclic) bond motifs is 1. The second kappa shape index (κ2) is 7.13. The maximum Gasteiger partial charge on any atom is 0.281 e. The minimum Gasteiger partial charge on any atom is -0.397 e. The third-order valence-electron chi connectivity index (χ3n) is 4.93. The zero-order valence-corrected chi connectivity index (χ0v) is 16.4. The van der Waals surface area contributed by atoms with E-state index in [1.807, 2.05) is 0 Å². The maximum absolute atomic E-state index is 13.9. The quantitative estimate of drug-likeness (QED) is 0.505. The van der Waals surface area contributed by atoms with E-state index in [4.69, 9.17) is 5.73 Å². The van der Waals surface area contributed by atoms with Crippen molar-refractivity contribution >= 4 is 34.0 Å². The van der Waals surface area contributed by atoms with Crippen LogP contribution in [-0.4, -0.2) is 19.5 Å². The molecule has 0 spiro atoms. The monoisotopic (exact) mass is 426 g/mol. The van der Waals surface area contributed by atoms with Gasteiger partial charge in [0.15, 0.2) is 11.3 Å². The lowest BCUT2D eigenvalue weighted by Gasteiger charge is -2.14. The van der Waals surface area contributed by atoms with E-state index < -0.39 is 11.6 Å². The van der Waals surface area contributed by atoms with E-state index in [-0.39, 0.29) is 29.4 Å². The molecule has 152 valence electrons. The molecule has 7 nitrogen and oxygen atoms in total. The Morgan fingerprint density at radius 2 is 2.00 bits per heavy atom. The van der Waals surface area contributed by atoms with Crippen LogP contribution in [0.25, 0.3) is 21.9 Å². The van der Waals surface area contributed by atoms with E-state index in [9.17, 15) is 13.6 Å². The molecular weight excluding hydrogens is 410 g/mol. The Morgan fingerprint density at radius 3 is 2.67 bits per heavy atom. The summed E-state index contributed by atoms with van der Waals surface area (Å²) in [6.07, 6.45) is 3.33. The van der Waals surface area contributed by atoms with E-state index in [1.165, 1.54) is 29.5 Å². The van der Waals surface area contributed by atoms with E-state index >= 15 is 0 Å². The predicted octanol–water partition coefficient (Wildman–Crippen LogP) is 3.72. The van der Waals surface area contributed by atoms with Crippen LogP contribution in [0.3, 0.4) is 0 Å². The van der Waals surface area contributed by atoms with Crippen LogP contribution in [0.15, 0.2) is 40.6 Å². The number of hydrogen-bond acceptors (Lipinski definition) is 7. The fraction of sp³-hybridized carbons (Fsp3) is 0.200. The Balaban J connectivity index is 1.60. The molecule has 1 saturated carbocycles. The van der Waals surface area contributed by atoms with Crippen LogP contribution in [0.2, 0.25) is 0 Å². The summed E-state index contributed by atoms with van der Waals surface area (Å²) in [6.45, 7) is -0.116. The number of nitrogen functional groups attached to an aromatic ring is 1. The Kier molecular flexibility index (Phi) is 4.43. The lowest BCUT2D eigenvalue weighted by Crippen LogP contribution is -2.24. The first-order chi connectivity index (χ1) is 14.5. The molecular formula is C20H16F2N6OS. The third-order valence-corrected chi connectivity index (χ3v) is 5.71. The molecule has 3 N–H and O–H groups in total. The molecule has 0 bridgehead atoms. The number of aromatic nitrogens is 4. The van der Waals surface area contributed by atoms with Crippen LogP contribution in [0.1, 0.15) is 24.4 Å². The predicted molar refractivity (Wildman–Crippen MR) is 111 cm³/mol. The fourth-order valence-electron chi connectivity index (χ4n) is 3.32.